The zero-order valence-electron chi connectivity index (χ0n) is 14.1. The minimum absolute atomic E-state index is 0.276. The lowest BCUT2D eigenvalue weighted by Gasteiger charge is -2.23. The minimum Gasteiger partial charge on any atom is -0.475 e. The summed E-state index contributed by atoms with van der Waals surface area (Å²) in [4.78, 5) is 48.5. The van der Waals surface area contributed by atoms with Crippen LogP contribution in [-0.2, 0) is 33.3 Å². The van der Waals surface area contributed by atoms with Gasteiger partial charge in [0.05, 0.1) is 0 Å². The van der Waals surface area contributed by atoms with Gasteiger partial charge >= 0.3 is 23.9 Å². The summed E-state index contributed by atoms with van der Waals surface area (Å²) >= 11 is 0. The highest BCUT2D eigenvalue weighted by molar-refractivity contribution is 5.82. The molecule has 2 rings (SSSR count). The van der Waals surface area contributed by atoms with E-state index in [9.17, 15) is 19.2 Å². The number of carbonyl (C=O) groups is 4. The van der Waals surface area contributed by atoms with Gasteiger partial charge < -0.3 is 24.1 Å². The van der Waals surface area contributed by atoms with E-state index >= 15 is 0 Å². The van der Waals surface area contributed by atoms with Crippen molar-refractivity contribution < 1.29 is 43.2 Å². The average Bonchev–Trinajstić information content (AvgIpc) is 3.11. The van der Waals surface area contributed by atoms with Crippen LogP contribution in [-0.4, -0.2) is 68.7 Å². The maximum atomic E-state index is 11.5. The zero-order chi connectivity index (χ0) is 19.4. The molecule has 0 radical (unpaired) electrons. The van der Waals surface area contributed by atoms with Gasteiger partial charge in [-0.05, 0) is 0 Å². The average molecular weight is 371 g/mol. The fourth-order valence-corrected chi connectivity index (χ4v) is 2.40. The first kappa shape index (κ1) is 19.3. The quantitative estimate of drug-likeness (QED) is 0.498. The van der Waals surface area contributed by atoms with Crippen LogP contribution < -0.4 is 0 Å². The van der Waals surface area contributed by atoms with Crippen LogP contribution in [0.1, 0.15) is 37.6 Å². The summed E-state index contributed by atoms with van der Waals surface area (Å²) in [5, 5.41) is 12.7. The monoisotopic (exact) mass is 371 g/mol. The van der Waals surface area contributed by atoms with Crippen LogP contribution in [0.4, 0.5) is 0 Å². The van der Waals surface area contributed by atoms with E-state index in [1.165, 1.54) is 6.92 Å². The molecular formula is C14H17N3O9. The van der Waals surface area contributed by atoms with E-state index in [0.29, 0.717) is 0 Å². The van der Waals surface area contributed by atoms with Crippen molar-refractivity contribution in [2.45, 2.75) is 45.3 Å². The minimum atomic E-state index is -1.36. The van der Waals surface area contributed by atoms with Gasteiger partial charge in [0.2, 0.25) is 0 Å². The maximum Gasteiger partial charge on any atom is 0.375 e. The van der Waals surface area contributed by atoms with E-state index < -0.39 is 54.2 Å². The molecule has 1 aromatic rings. The Kier molecular flexibility index (Phi) is 5.87. The number of esters is 3. The molecule has 0 spiro atoms. The number of aromatic carboxylic acids is 1. The number of carboxylic acid groups (broad SMARTS) is 1. The number of carboxylic acids is 1. The Morgan fingerprint density at radius 3 is 2.23 bits per heavy atom. The molecule has 0 aliphatic carbocycles. The molecule has 1 aliphatic heterocycles. The van der Waals surface area contributed by atoms with Crippen molar-refractivity contribution in [3.63, 3.8) is 0 Å². The summed E-state index contributed by atoms with van der Waals surface area (Å²) in [6, 6.07) is 0. The predicted octanol–water partition coefficient (Wildman–Crippen LogP) is -0.700. The lowest BCUT2D eigenvalue weighted by Crippen LogP contribution is -2.40. The Bertz CT molecular complexity index is 716. The predicted molar refractivity (Wildman–Crippen MR) is 78.6 cm³/mol. The van der Waals surface area contributed by atoms with Crippen LogP contribution in [0, 0.1) is 0 Å². The van der Waals surface area contributed by atoms with E-state index in [1.807, 2.05) is 0 Å². The van der Waals surface area contributed by atoms with Crippen molar-refractivity contribution in [3.8, 4) is 0 Å². The van der Waals surface area contributed by atoms with Gasteiger partial charge in [-0.3, -0.25) is 14.4 Å². The summed E-state index contributed by atoms with van der Waals surface area (Å²) in [6.45, 7) is 3.21. The van der Waals surface area contributed by atoms with Gasteiger partial charge in [-0.25, -0.2) is 14.5 Å². The van der Waals surface area contributed by atoms with Crippen LogP contribution in [0.5, 0.6) is 0 Å². The SMILES string of the molecule is CC(=O)OC[C@@H]1O[C@H](n2cnc(C(=O)O)n2)[C@@H](OC(C)=O)[C@H]1OC(C)=O. The lowest BCUT2D eigenvalue weighted by atomic mass is 10.1. The highest BCUT2D eigenvalue weighted by Crippen LogP contribution is 2.33. The largest absolute Gasteiger partial charge is 0.475 e. The van der Waals surface area contributed by atoms with Gasteiger partial charge in [0, 0.05) is 20.8 Å². The number of rotatable bonds is 6. The van der Waals surface area contributed by atoms with E-state index in [1.54, 1.807) is 0 Å². The molecule has 0 saturated carbocycles. The summed E-state index contributed by atoms with van der Waals surface area (Å²) in [5.74, 6) is -3.81. The molecule has 12 nitrogen and oxygen atoms in total. The normalized spacial score (nSPS) is 24.7. The smallest absolute Gasteiger partial charge is 0.375 e. The standard InChI is InChI=1S/C14H17N3O9/c1-6(18)23-4-9-10(24-7(2)19)11(25-8(3)20)13(26-9)17-5-15-12(16-17)14(21)22/h5,9-11,13H,4H2,1-3H3,(H,21,22)/t9-,10-,11-,13-/m0/s1. The van der Waals surface area contributed by atoms with Gasteiger partial charge in [0.15, 0.2) is 18.4 Å². The fraction of sp³-hybridized carbons (Fsp3) is 0.571. The van der Waals surface area contributed by atoms with Gasteiger partial charge in [0.25, 0.3) is 5.82 Å². The Labute approximate surface area is 147 Å². The molecule has 142 valence electrons. The first-order valence-corrected chi connectivity index (χ1v) is 7.46. The summed E-state index contributed by atoms with van der Waals surface area (Å²) < 4.78 is 21.9. The molecule has 0 aromatic carbocycles. The maximum absolute atomic E-state index is 11.5. The second-order valence-electron chi connectivity index (χ2n) is 5.37. The Balaban J connectivity index is 2.33. The molecular weight excluding hydrogens is 354 g/mol. The van der Waals surface area contributed by atoms with Gasteiger partial charge in [-0.1, -0.05) is 0 Å². The Hall–Kier alpha value is -3.02. The highest BCUT2D eigenvalue weighted by Gasteiger charge is 2.51. The molecule has 2 heterocycles. The topological polar surface area (TPSA) is 156 Å². The number of ether oxygens (including phenoxy) is 4. The van der Waals surface area contributed by atoms with E-state index in [2.05, 4.69) is 10.1 Å². The number of aromatic nitrogens is 3. The number of nitrogens with zero attached hydrogens (tertiary/aromatic N) is 3. The first-order chi connectivity index (χ1) is 12.2. The molecule has 4 atom stereocenters. The molecule has 26 heavy (non-hydrogen) atoms. The molecule has 12 heteroatoms. The van der Waals surface area contributed by atoms with Crippen LogP contribution in [0.25, 0.3) is 0 Å². The van der Waals surface area contributed by atoms with Crippen LogP contribution >= 0.6 is 0 Å². The van der Waals surface area contributed by atoms with Crippen LogP contribution in [0.3, 0.4) is 0 Å². The van der Waals surface area contributed by atoms with Crippen molar-refractivity contribution in [2.24, 2.45) is 0 Å². The van der Waals surface area contributed by atoms with E-state index in [0.717, 1.165) is 24.9 Å². The molecule has 1 aliphatic rings. The summed E-state index contributed by atoms with van der Waals surface area (Å²) in [6.07, 6.45) is -3.28. The zero-order valence-corrected chi connectivity index (χ0v) is 14.1. The molecule has 0 bridgehead atoms. The third kappa shape index (κ3) is 4.53. The van der Waals surface area contributed by atoms with E-state index in [4.69, 9.17) is 24.1 Å². The Morgan fingerprint density at radius 1 is 1.12 bits per heavy atom. The molecule has 1 fully saturated rings. The molecule has 1 aromatic heterocycles. The summed E-state index contributed by atoms with van der Waals surface area (Å²) in [5.41, 5.74) is 0. The second-order valence-corrected chi connectivity index (χ2v) is 5.37. The van der Waals surface area contributed by atoms with E-state index in [-0.39, 0.29) is 6.61 Å². The van der Waals surface area contributed by atoms with Crippen molar-refractivity contribution in [1.82, 2.24) is 14.8 Å². The third-order valence-electron chi connectivity index (χ3n) is 3.30. The molecule has 1 saturated heterocycles. The number of hydrogen-bond acceptors (Lipinski definition) is 10. The lowest BCUT2D eigenvalue weighted by molar-refractivity contribution is -0.166. The number of carbonyl (C=O) groups excluding carboxylic acids is 3. The van der Waals surface area contributed by atoms with Crippen LogP contribution in [0.15, 0.2) is 6.33 Å². The summed E-state index contributed by atoms with van der Waals surface area (Å²) in [7, 11) is 0. The van der Waals surface area contributed by atoms with Crippen molar-refractivity contribution >= 4 is 23.9 Å². The number of hydrogen-bond donors (Lipinski definition) is 1. The third-order valence-corrected chi connectivity index (χ3v) is 3.30. The second kappa shape index (κ2) is 7.91. The van der Waals surface area contributed by atoms with Crippen molar-refractivity contribution in [3.05, 3.63) is 12.2 Å². The first-order valence-electron chi connectivity index (χ1n) is 7.46. The van der Waals surface area contributed by atoms with Gasteiger partial charge in [-0.15, -0.1) is 5.10 Å². The Morgan fingerprint density at radius 2 is 1.73 bits per heavy atom. The fourth-order valence-electron chi connectivity index (χ4n) is 2.40. The molecule has 0 amide bonds. The molecule has 1 N–H and O–H groups in total. The van der Waals surface area contributed by atoms with Crippen molar-refractivity contribution in [2.75, 3.05) is 6.61 Å². The van der Waals surface area contributed by atoms with Gasteiger partial charge in [-0.2, -0.15) is 0 Å². The van der Waals surface area contributed by atoms with Crippen molar-refractivity contribution in [1.29, 1.82) is 0 Å². The van der Waals surface area contributed by atoms with Gasteiger partial charge in [0.1, 0.15) is 19.0 Å². The van der Waals surface area contributed by atoms with Crippen LogP contribution in [0.2, 0.25) is 0 Å². The highest BCUT2D eigenvalue weighted by atomic mass is 16.7. The molecule has 0 unspecified atom stereocenters.